The van der Waals surface area contributed by atoms with Crippen LogP contribution in [-0.2, 0) is 0 Å². The van der Waals surface area contributed by atoms with Crippen LogP contribution in [0.25, 0.3) is 0 Å². The van der Waals surface area contributed by atoms with Gasteiger partial charge in [0.1, 0.15) is 0 Å². The first-order chi connectivity index (χ1) is 11.7. The summed E-state index contributed by atoms with van der Waals surface area (Å²) < 4.78 is 0. The van der Waals surface area contributed by atoms with E-state index in [1.807, 2.05) is 38.1 Å². The van der Waals surface area contributed by atoms with Gasteiger partial charge in [0.25, 0.3) is 5.91 Å². The Bertz CT molecular complexity index is 690. The summed E-state index contributed by atoms with van der Waals surface area (Å²) in [6, 6.07) is 16.7. The predicted molar refractivity (Wildman–Crippen MR) is 98.2 cm³/mol. The van der Waals surface area contributed by atoms with Crippen LogP contribution >= 0.6 is 0 Å². The average Bonchev–Trinajstić information content (AvgIpc) is 3.12. The molecule has 0 aliphatic carbocycles. The Morgan fingerprint density at radius 2 is 1.75 bits per heavy atom. The fourth-order valence-electron chi connectivity index (χ4n) is 3.47. The van der Waals surface area contributed by atoms with Gasteiger partial charge in [0.05, 0.1) is 6.04 Å². The molecule has 0 saturated carbocycles. The molecule has 1 aliphatic heterocycles. The molecule has 3 heteroatoms. The Labute approximate surface area is 144 Å². The molecule has 0 bridgehead atoms. The van der Waals surface area contributed by atoms with E-state index in [0.717, 1.165) is 29.8 Å². The van der Waals surface area contributed by atoms with E-state index in [-0.39, 0.29) is 11.9 Å². The molecule has 1 amide bonds. The van der Waals surface area contributed by atoms with Crippen LogP contribution in [0, 0.1) is 13.8 Å². The van der Waals surface area contributed by atoms with Gasteiger partial charge in [-0.05, 0) is 62.5 Å². The molecular formula is C21H26N2O. The summed E-state index contributed by atoms with van der Waals surface area (Å²) in [5, 5.41) is 3.16. The number of rotatable bonds is 5. The standard InChI is InChI=1S/C21H26N2O/c1-16-9-8-12-19(17(16)2)21(24)22-15-20(23-13-6-7-14-23)18-10-4-3-5-11-18/h3-5,8-12,20H,6-7,13-15H2,1-2H3,(H,22,24)/t20-/m0/s1. The monoisotopic (exact) mass is 322 g/mol. The zero-order valence-electron chi connectivity index (χ0n) is 14.6. The number of carbonyl (C=O) groups excluding carboxylic acids is 1. The minimum absolute atomic E-state index is 0.0244. The van der Waals surface area contributed by atoms with Gasteiger partial charge in [-0.3, -0.25) is 9.69 Å². The largest absolute Gasteiger partial charge is 0.350 e. The van der Waals surface area contributed by atoms with Crippen molar-refractivity contribution >= 4 is 5.91 Å². The fourth-order valence-corrected chi connectivity index (χ4v) is 3.47. The third-order valence-corrected chi connectivity index (χ3v) is 5.07. The highest BCUT2D eigenvalue weighted by Crippen LogP contribution is 2.24. The number of amides is 1. The summed E-state index contributed by atoms with van der Waals surface area (Å²) in [4.78, 5) is 15.1. The van der Waals surface area contributed by atoms with Crippen LogP contribution in [0.1, 0.15) is 45.9 Å². The Morgan fingerprint density at radius 1 is 1.04 bits per heavy atom. The molecule has 1 saturated heterocycles. The van der Waals surface area contributed by atoms with Gasteiger partial charge in [0.2, 0.25) is 0 Å². The summed E-state index contributed by atoms with van der Waals surface area (Å²) in [6.45, 7) is 6.93. The van der Waals surface area contributed by atoms with Crippen LogP contribution in [0.15, 0.2) is 48.5 Å². The van der Waals surface area contributed by atoms with E-state index in [2.05, 4.69) is 34.5 Å². The lowest BCUT2D eigenvalue weighted by Crippen LogP contribution is -2.37. The van der Waals surface area contributed by atoms with Gasteiger partial charge in [-0.25, -0.2) is 0 Å². The van der Waals surface area contributed by atoms with E-state index in [4.69, 9.17) is 0 Å². The molecular weight excluding hydrogens is 296 g/mol. The second-order valence-electron chi connectivity index (χ2n) is 6.63. The van der Waals surface area contributed by atoms with Gasteiger partial charge < -0.3 is 5.32 Å². The zero-order valence-corrected chi connectivity index (χ0v) is 14.6. The third kappa shape index (κ3) is 3.68. The number of aryl methyl sites for hydroxylation is 1. The summed E-state index contributed by atoms with van der Waals surface area (Å²) in [7, 11) is 0. The number of carbonyl (C=O) groups is 1. The number of nitrogens with zero attached hydrogens (tertiary/aromatic N) is 1. The van der Waals surface area contributed by atoms with Crippen LogP contribution in [0.2, 0.25) is 0 Å². The van der Waals surface area contributed by atoms with E-state index >= 15 is 0 Å². The Balaban J connectivity index is 1.73. The number of hydrogen-bond acceptors (Lipinski definition) is 2. The predicted octanol–water partition coefficient (Wildman–Crippen LogP) is 3.87. The van der Waals surface area contributed by atoms with Crippen molar-refractivity contribution in [1.82, 2.24) is 10.2 Å². The number of likely N-dealkylation sites (tertiary alicyclic amines) is 1. The molecule has 2 aromatic rings. The first-order valence-corrected chi connectivity index (χ1v) is 8.80. The minimum atomic E-state index is 0.0244. The first kappa shape index (κ1) is 16.7. The molecule has 0 spiro atoms. The lowest BCUT2D eigenvalue weighted by atomic mass is 10.0. The highest BCUT2D eigenvalue weighted by molar-refractivity contribution is 5.95. The quantitative estimate of drug-likeness (QED) is 0.906. The highest BCUT2D eigenvalue weighted by Gasteiger charge is 2.24. The van der Waals surface area contributed by atoms with Gasteiger partial charge in [-0.15, -0.1) is 0 Å². The van der Waals surface area contributed by atoms with E-state index in [0.29, 0.717) is 6.54 Å². The molecule has 0 unspecified atom stereocenters. The Morgan fingerprint density at radius 3 is 2.46 bits per heavy atom. The van der Waals surface area contributed by atoms with Crippen molar-refractivity contribution in [2.45, 2.75) is 32.7 Å². The molecule has 0 radical (unpaired) electrons. The molecule has 24 heavy (non-hydrogen) atoms. The van der Waals surface area contributed by atoms with Crippen LogP contribution in [0.5, 0.6) is 0 Å². The van der Waals surface area contributed by atoms with Crippen LogP contribution in [0.4, 0.5) is 0 Å². The van der Waals surface area contributed by atoms with Gasteiger partial charge in [0.15, 0.2) is 0 Å². The summed E-state index contributed by atoms with van der Waals surface area (Å²) in [5.41, 5.74) is 4.28. The van der Waals surface area contributed by atoms with Crippen molar-refractivity contribution in [3.05, 3.63) is 70.8 Å². The summed E-state index contributed by atoms with van der Waals surface area (Å²) >= 11 is 0. The molecule has 1 fully saturated rings. The number of benzene rings is 2. The van der Waals surface area contributed by atoms with E-state index in [1.165, 1.54) is 18.4 Å². The molecule has 1 heterocycles. The number of hydrogen-bond donors (Lipinski definition) is 1. The maximum absolute atomic E-state index is 12.6. The Kier molecular flexibility index (Phi) is 5.31. The molecule has 3 rings (SSSR count). The lowest BCUT2D eigenvalue weighted by molar-refractivity contribution is 0.0937. The van der Waals surface area contributed by atoms with Crippen LogP contribution in [0.3, 0.4) is 0 Å². The van der Waals surface area contributed by atoms with Gasteiger partial charge in [-0.1, -0.05) is 42.5 Å². The second kappa shape index (κ2) is 7.63. The first-order valence-electron chi connectivity index (χ1n) is 8.80. The van der Waals surface area contributed by atoms with Gasteiger partial charge in [-0.2, -0.15) is 0 Å². The second-order valence-corrected chi connectivity index (χ2v) is 6.63. The topological polar surface area (TPSA) is 32.3 Å². The summed E-state index contributed by atoms with van der Waals surface area (Å²) in [6.07, 6.45) is 2.49. The van der Waals surface area contributed by atoms with Crippen molar-refractivity contribution < 1.29 is 4.79 Å². The van der Waals surface area contributed by atoms with Crippen molar-refractivity contribution in [1.29, 1.82) is 0 Å². The van der Waals surface area contributed by atoms with Crippen LogP contribution in [-0.4, -0.2) is 30.4 Å². The molecule has 1 aliphatic rings. The van der Waals surface area contributed by atoms with Crippen molar-refractivity contribution in [2.75, 3.05) is 19.6 Å². The van der Waals surface area contributed by atoms with E-state index in [1.54, 1.807) is 0 Å². The maximum Gasteiger partial charge on any atom is 0.251 e. The van der Waals surface area contributed by atoms with Gasteiger partial charge >= 0.3 is 0 Å². The smallest absolute Gasteiger partial charge is 0.251 e. The molecule has 2 aromatic carbocycles. The van der Waals surface area contributed by atoms with Gasteiger partial charge in [0, 0.05) is 12.1 Å². The fraction of sp³-hybridized carbons (Fsp3) is 0.381. The molecule has 126 valence electrons. The zero-order chi connectivity index (χ0) is 16.9. The normalized spacial score (nSPS) is 16.1. The minimum Gasteiger partial charge on any atom is -0.350 e. The summed E-state index contributed by atoms with van der Waals surface area (Å²) in [5.74, 6) is 0.0244. The molecule has 1 atom stereocenters. The SMILES string of the molecule is Cc1cccc(C(=O)NC[C@@H](c2ccccc2)N2CCCC2)c1C. The lowest BCUT2D eigenvalue weighted by Gasteiger charge is -2.28. The third-order valence-electron chi connectivity index (χ3n) is 5.07. The van der Waals surface area contributed by atoms with Crippen molar-refractivity contribution in [3.8, 4) is 0 Å². The van der Waals surface area contributed by atoms with E-state index in [9.17, 15) is 4.79 Å². The van der Waals surface area contributed by atoms with Crippen molar-refractivity contribution in [3.63, 3.8) is 0 Å². The molecule has 0 aromatic heterocycles. The highest BCUT2D eigenvalue weighted by atomic mass is 16.1. The van der Waals surface area contributed by atoms with Crippen LogP contribution < -0.4 is 5.32 Å². The average molecular weight is 322 g/mol. The molecule has 1 N–H and O–H groups in total. The van der Waals surface area contributed by atoms with E-state index < -0.39 is 0 Å². The maximum atomic E-state index is 12.6. The Hall–Kier alpha value is -2.13. The number of nitrogens with one attached hydrogen (secondary N) is 1. The van der Waals surface area contributed by atoms with Crippen molar-refractivity contribution in [2.24, 2.45) is 0 Å². The molecule has 3 nitrogen and oxygen atoms in total.